The third kappa shape index (κ3) is 7.31. The molecule has 0 heterocycles. The maximum absolute atomic E-state index is 12.0. The number of nitrogens with one attached hydrogen (secondary N) is 1. The summed E-state index contributed by atoms with van der Waals surface area (Å²) in [6, 6.07) is 14.3. The van der Waals surface area contributed by atoms with Crippen LogP contribution in [0, 0.1) is 0 Å². The highest BCUT2D eigenvalue weighted by Crippen LogP contribution is 2.17. The van der Waals surface area contributed by atoms with E-state index in [2.05, 4.69) is 12.2 Å². The fraction of sp³-hybridized carbons (Fsp3) is 0.333. The molecule has 144 valence electrons. The maximum atomic E-state index is 12.0. The van der Waals surface area contributed by atoms with E-state index in [1.807, 2.05) is 24.3 Å². The predicted octanol–water partition coefficient (Wildman–Crippen LogP) is 4.63. The van der Waals surface area contributed by atoms with Gasteiger partial charge < -0.3 is 14.8 Å². The number of benzene rings is 2. The maximum Gasteiger partial charge on any atom is 0.347 e. The van der Waals surface area contributed by atoms with E-state index in [1.54, 1.807) is 31.2 Å². The number of anilines is 1. The van der Waals surface area contributed by atoms with Gasteiger partial charge in [0.1, 0.15) is 5.75 Å². The van der Waals surface area contributed by atoms with E-state index in [0.717, 1.165) is 19.3 Å². The summed E-state index contributed by atoms with van der Waals surface area (Å²) >= 11 is 5.80. The summed E-state index contributed by atoms with van der Waals surface area (Å²) in [5.41, 5.74) is 1.90. The average Bonchev–Trinajstić information content (AvgIpc) is 2.67. The van der Waals surface area contributed by atoms with Gasteiger partial charge in [0.05, 0.1) is 0 Å². The van der Waals surface area contributed by atoms with Gasteiger partial charge >= 0.3 is 5.97 Å². The molecule has 0 fully saturated rings. The van der Waals surface area contributed by atoms with Crippen LogP contribution in [0.3, 0.4) is 0 Å². The van der Waals surface area contributed by atoms with E-state index in [9.17, 15) is 9.59 Å². The lowest BCUT2D eigenvalue weighted by atomic mass is 10.1. The highest BCUT2D eigenvalue weighted by molar-refractivity contribution is 6.30. The molecule has 0 saturated heterocycles. The van der Waals surface area contributed by atoms with Gasteiger partial charge in [-0.05, 0) is 61.7 Å². The average molecular weight is 390 g/mol. The molecule has 0 aromatic heterocycles. The second-order valence-corrected chi connectivity index (χ2v) is 6.61. The lowest BCUT2D eigenvalue weighted by molar-refractivity contribution is -0.153. The number of halogens is 1. The van der Waals surface area contributed by atoms with Crippen molar-refractivity contribution in [2.75, 3.05) is 11.9 Å². The number of amides is 1. The minimum absolute atomic E-state index is 0.370. The molecule has 6 heteroatoms. The van der Waals surface area contributed by atoms with Crippen molar-refractivity contribution in [3.05, 3.63) is 59.1 Å². The Balaban J connectivity index is 1.75. The number of rotatable bonds is 9. The normalized spacial score (nSPS) is 11.5. The first-order valence-corrected chi connectivity index (χ1v) is 9.33. The minimum atomic E-state index is -0.836. The van der Waals surface area contributed by atoms with Gasteiger partial charge in [0.25, 0.3) is 5.91 Å². The van der Waals surface area contributed by atoms with E-state index in [1.165, 1.54) is 5.56 Å². The number of carbonyl (C=O) groups is 2. The number of unbranched alkanes of at least 4 members (excludes halogenated alkanes) is 1. The Morgan fingerprint density at radius 1 is 1.07 bits per heavy atom. The van der Waals surface area contributed by atoms with Crippen molar-refractivity contribution >= 4 is 29.2 Å². The van der Waals surface area contributed by atoms with Gasteiger partial charge in [-0.3, -0.25) is 4.79 Å². The van der Waals surface area contributed by atoms with Crippen LogP contribution in [-0.2, 0) is 20.7 Å². The number of esters is 1. The number of aryl methyl sites for hydroxylation is 1. The molecular formula is C21H24ClNO4. The Hall–Kier alpha value is -2.53. The van der Waals surface area contributed by atoms with Crippen molar-refractivity contribution in [3.8, 4) is 5.75 Å². The largest absolute Gasteiger partial charge is 0.479 e. The molecule has 1 N–H and O–H groups in total. The quantitative estimate of drug-likeness (QED) is 0.635. The van der Waals surface area contributed by atoms with Gasteiger partial charge in [0.2, 0.25) is 0 Å². The molecule has 27 heavy (non-hydrogen) atoms. The highest BCUT2D eigenvalue weighted by Gasteiger charge is 2.18. The smallest absolute Gasteiger partial charge is 0.347 e. The zero-order chi connectivity index (χ0) is 19.6. The standard InChI is InChI=1S/C21H24ClNO4/c1-3-4-5-16-6-10-18(11-7-16)23-20(24)14-26-21(25)15(2)27-19-12-8-17(22)9-13-19/h6-13,15H,3-5,14H2,1-2H3,(H,23,24). The summed E-state index contributed by atoms with van der Waals surface area (Å²) in [5.74, 6) is -0.519. The lowest BCUT2D eigenvalue weighted by Crippen LogP contribution is -2.29. The summed E-state index contributed by atoms with van der Waals surface area (Å²) in [6.07, 6.45) is 2.47. The van der Waals surface area contributed by atoms with Crippen LogP contribution in [0.25, 0.3) is 0 Å². The van der Waals surface area contributed by atoms with Gasteiger partial charge in [0.15, 0.2) is 12.7 Å². The van der Waals surface area contributed by atoms with E-state index >= 15 is 0 Å². The molecule has 2 aromatic carbocycles. The van der Waals surface area contributed by atoms with Crippen molar-refractivity contribution in [1.82, 2.24) is 0 Å². The zero-order valence-corrected chi connectivity index (χ0v) is 16.3. The molecule has 5 nitrogen and oxygen atoms in total. The molecular weight excluding hydrogens is 366 g/mol. The topological polar surface area (TPSA) is 64.6 Å². The van der Waals surface area contributed by atoms with Crippen LogP contribution in [0.4, 0.5) is 5.69 Å². The number of hydrogen-bond acceptors (Lipinski definition) is 4. The third-order valence-corrected chi connectivity index (χ3v) is 4.11. The van der Waals surface area contributed by atoms with Gasteiger partial charge in [-0.15, -0.1) is 0 Å². The Bertz CT molecular complexity index is 744. The van der Waals surface area contributed by atoms with E-state index < -0.39 is 18.0 Å². The second kappa shape index (κ2) is 10.6. The molecule has 0 aliphatic rings. The monoisotopic (exact) mass is 389 g/mol. The molecule has 1 atom stereocenters. The van der Waals surface area contributed by atoms with Crippen LogP contribution in [0.15, 0.2) is 48.5 Å². The number of carbonyl (C=O) groups excluding carboxylic acids is 2. The first kappa shape index (κ1) is 20.8. The van der Waals surface area contributed by atoms with Gasteiger partial charge in [-0.25, -0.2) is 4.79 Å². The van der Waals surface area contributed by atoms with E-state index in [4.69, 9.17) is 21.1 Å². The molecule has 0 spiro atoms. The Morgan fingerprint density at radius 2 is 1.74 bits per heavy atom. The second-order valence-electron chi connectivity index (χ2n) is 6.17. The van der Waals surface area contributed by atoms with Gasteiger partial charge in [-0.1, -0.05) is 37.1 Å². The third-order valence-electron chi connectivity index (χ3n) is 3.86. The van der Waals surface area contributed by atoms with Crippen LogP contribution in [-0.4, -0.2) is 24.6 Å². The fourth-order valence-electron chi connectivity index (χ4n) is 2.35. The molecule has 0 saturated carbocycles. The molecule has 0 aliphatic carbocycles. The molecule has 0 aliphatic heterocycles. The minimum Gasteiger partial charge on any atom is -0.479 e. The first-order valence-electron chi connectivity index (χ1n) is 8.95. The van der Waals surface area contributed by atoms with Crippen LogP contribution in [0.1, 0.15) is 32.3 Å². The molecule has 1 unspecified atom stereocenters. The van der Waals surface area contributed by atoms with Crippen LogP contribution in [0.5, 0.6) is 5.75 Å². The molecule has 2 rings (SSSR count). The summed E-state index contributed by atoms with van der Waals surface area (Å²) in [4.78, 5) is 23.9. The Kier molecular flexibility index (Phi) is 8.14. The van der Waals surface area contributed by atoms with Crippen molar-refractivity contribution in [1.29, 1.82) is 0 Å². The lowest BCUT2D eigenvalue weighted by Gasteiger charge is -2.14. The predicted molar refractivity (Wildman–Crippen MR) is 106 cm³/mol. The van der Waals surface area contributed by atoms with Crippen molar-refractivity contribution < 1.29 is 19.1 Å². The molecule has 0 radical (unpaired) electrons. The fourth-order valence-corrected chi connectivity index (χ4v) is 2.48. The summed E-state index contributed by atoms with van der Waals surface area (Å²) in [6.45, 7) is 3.34. The Labute approximate surface area is 164 Å². The number of hydrogen-bond donors (Lipinski definition) is 1. The SMILES string of the molecule is CCCCc1ccc(NC(=O)COC(=O)C(C)Oc2ccc(Cl)cc2)cc1. The molecule has 2 aromatic rings. The van der Waals surface area contributed by atoms with Crippen molar-refractivity contribution in [3.63, 3.8) is 0 Å². The van der Waals surface area contributed by atoms with Crippen LogP contribution < -0.4 is 10.1 Å². The Morgan fingerprint density at radius 3 is 2.37 bits per heavy atom. The van der Waals surface area contributed by atoms with Crippen molar-refractivity contribution in [2.24, 2.45) is 0 Å². The van der Waals surface area contributed by atoms with Crippen LogP contribution in [0.2, 0.25) is 5.02 Å². The summed E-state index contributed by atoms with van der Waals surface area (Å²) in [7, 11) is 0. The van der Waals surface area contributed by atoms with Crippen LogP contribution >= 0.6 is 11.6 Å². The van der Waals surface area contributed by atoms with E-state index in [-0.39, 0.29) is 6.61 Å². The number of ether oxygens (including phenoxy) is 2. The zero-order valence-electron chi connectivity index (χ0n) is 15.5. The van der Waals surface area contributed by atoms with Gasteiger partial charge in [-0.2, -0.15) is 0 Å². The summed E-state index contributed by atoms with van der Waals surface area (Å²) in [5, 5.41) is 3.28. The highest BCUT2D eigenvalue weighted by atomic mass is 35.5. The van der Waals surface area contributed by atoms with E-state index in [0.29, 0.717) is 16.5 Å². The van der Waals surface area contributed by atoms with Gasteiger partial charge in [0, 0.05) is 10.7 Å². The molecule has 0 bridgehead atoms. The summed E-state index contributed by atoms with van der Waals surface area (Å²) < 4.78 is 10.5. The first-order chi connectivity index (χ1) is 13.0. The van der Waals surface area contributed by atoms with Crippen molar-refractivity contribution in [2.45, 2.75) is 39.2 Å². The molecule has 1 amide bonds.